The highest BCUT2D eigenvalue weighted by Gasteiger charge is 2.20. The van der Waals surface area contributed by atoms with Crippen LogP contribution in [0.3, 0.4) is 0 Å². The van der Waals surface area contributed by atoms with Gasteiger partial charge in [-0.3, -0.25) is 24.0 Å². The van der Waals surface area contributed by atoms with E-state index >= 15 is 0 Å². The molecule has 12 nitrogen and oxygen atoms in total. The molecule has 35 heavy (non-hydrogen) atoms. The zero-order valence-electron chi connectivity index (χ0n) is 19.5. The molecule has 0 saturated carbocycles. The molecule has 1 N–H and O–H groups in total. The first-order valence-corrected chi connectivity index (χ1v) is 12.0. The summed E-state index contributed by atoms with van der Waals surface area (Å²) in [5, 5.41) is 11.9. The number of nitrogens with one attached hydrogen (secondary N) is 1. The number of carbonyl (C=O) groups excluding carboxylic acids is 1. The topological polar surface area (TPSA) is 143 Å². The zero-order chi connectivity index (χ0) is 25.3. The van der Waals surface area contributed by atoms with Gasteiger partial charge in [-0.2, -0.15) is 0 Å². The minimum absolute atomic E-state index is 0.0535. The predicted octanol–water partition coefficient (Wildman–Crippen LogP) is 1.60. The van der Waals surface area contributed by atoms with Crippen LogP contribution >= 0.6 is 23.1 Å². The molecule has 0 aliphatic rings. The van der Waals surface area contributed by atoms with Crippen molar-refractivity contribution in [1.82, 2.24) is 29.3 Å². The molecule has 3 heterocycles. The smallest absolute Gasteiger partial charge is 0.332 e. The van der Waals surface area contributed by atoms with E-state index in [0.29, 0.717) is 22.2 Å². The van der Waals surface area contributed by atoms with E-state index in [9.17, 15) is 14.4 Å². The van der Waals surface area contributed by atoms with Crippen molar-refractivity contribution in [2.45, 2.75) is 11.9 Å². The minimum atomic E-state index is -0.551. The lowest BCUT2D eigenvalue weighted by Crippen LogP contribution is -2.37. The van der Waals surface area contributed by atoms with Gasteiger partial charge >= 0.3 is 5.69 Å². The third-order valence-electron chi connectivity index (χ3n) is 5.02. The summed E-state index contributed by atoms with van der Waals surface area (Å²) in [5.74, 6) is 0.850. The number of rotatable bonds is 7. The average Bonchev–Trinajstić information content (AvgIpc) is 3.27. The SMILES string of the molecule is COc1ccc(-c2nc(SCC(=O)Nc3nnc(C)s3)c3c(=O)n(C)c(=O)n(C)c3n2)cc1OC. The number of fused-ring (bicyclic) bond motifs is 1. The number of ether oxygens (including phenoxy) is 2. The first-order valence-electron chi connectivity index (χ1n) is 10.2. The molecule has 1 aromatic carbocycles. The summed E-state index contributed by atoms with van der Waals surface area (Å²) in [4.78, 5) is 47.2. The summed E-state index contributed by atoms with van der Waals surface area (Å²) in [6.07, 6.45) is 0. The van der Waals surface area contributed by atoms with Crippen molar-refractivity contribution in [2.75, 3.05) is 25.3 Å². The number of nitrogens with zero attached hydrogens (tertiary/aromatic N) is 6. The molecule has 1 amide bonds. The van der Waals surface area contributed by atoms with Crippen LogP contribution in [0.4, 0.5) is 5.13 Å². The van der Waals surface area contributed by atoms with Gasteiger partial charge in [-0.15, -0.1) is 10.2 Å². The van der Waals surface area contributed by atoms with E-state index in [-0.39, 0.29) is 33.5 Å². The number of anilines is 1. The van der Waals surface area contributed by atoms with E-state index < -0.39 is 11.2 Å². The molecule has 0 spiro atoms. The Morgan fingerprint density at radius 2 is 1.83 bits per heavy atom. The molecule has 3 aromatic heterocycles. The molecular weight excluding hydrogens is 494 g/mol. The highest BCUT2D eigenvalue weighted by molar-refractivity contribution is 8.00. The van der Waals surface area contributed by atoms with Crippen molar-refractivity contribution in [3.05, 3.63) is 44.0 Å². The van der Waals surface area contributed by atoms with Crippen molar-refractivity contribution in [1.29, 1.82) is 0 Å². The summed E-state index contributed by atoms with van der Waals surface area (Å²) in [7, 11) is 5.94. The Labute approximate surface area is 207 Å². The van der Waals surface area contributed by atoms with Gasteiger partial charge in [-0.1, -0.05) is 23.1 Å². The number of aromatic nitrogens is 6. The molecule has 0 aliphatic carbocycles. The molecule has 0 fully saturated rings. The second-order valence-electron chi connectivity index (χ2n) is 7.29. The van der Waals surface area contributed by atoms with Crippen LogP contribution < -0.4 is 26.0 Å². The summed E-state index contributed by atoms with van der Waals surface area (Å²) < 4.78 is 12.9. The molecule has 0 aliphatic heterocycles. The Balaban J connectivity index is 1.80. The quantitative estimate of drug-likeness (QED) is 0.285. The van der Waals surface area contributed by atoms with E-state index in [1.54, 1.807) is 25.1 Å². The van der Waals surface area contributed by atoms with Crippen molar-refractivity contribution >= 4 is 45.2 Å². The summed E-state index contributed by atoms with van der Waals surface area (Å²) in [5.41, 5.74) is -0.349. The second-order valence-corrected chi connectivity index (χ2v) is 9.44. The highest BCUT2D eigenvalue weighted by Crippen LogP contribution is 2.33. The largest absolute Gasteiger partial charge is 0.493 e. The Bertz CT molecular complexity index is 1560. The summed E-state index contributed by atoms with van der Waals surface area (Å²) in [6, 6.07) is 5.13. The standard InChI is InChI=1S/C21H21N7O5S2/c1-10-25-26-20(35-10)22-14(29)9-34-18-15-17(27(2)21(31)28(3)19(15)30)23-16(24-18)11-6-7-12(32-4)13(8-11)33-5/h6-8H,9H2,1-5H3,(H,22,26,29). The number of benzene rings is 1. The molecule has 0 bridgehead atoms. The number of hydrogen-bond acceptors (Lipinski definition) is 11. The van der Waals surface area contributed by atoms with Crippen LogP contribution in [-0.2, 0) is 18.9 Å². The Kier molecular flexibility index (Phi) is 6.84. The molecule has 182 valence electrons. The van der Waals surface area contributed by atoms with Crippen molar-refractivity contribution in [3.8, 4) is 22.9 Å². The van der Waals surface area contributed by atoms with Crippen molar-refractivity contribution in [3.63, 3.8) is 0 Å². The van der Waals surface area contributed by atoms with Crippen LogP contribution in [0.25, 0.3) is 22.4 Å². The summed E-state index contributed by atoms with van der Waals surface area (Å²) >= 11 is 2.31. The molecule has 0 radical (unpaired) electrons. The lowest BCUT2D eigenvalue weighted by Gasteiger charge is -2.13. The monoisotopic (exact) mass is 515 g/mol. The minimum Gasteiger partial charge on any atom is -0.493 e. The maximum Gasteiger partial charge on any atom is 0.332 e. The van der Waals surface area contributed by atoms with Gasteiger partial charge in [0.25, 0.3) is 5.56 Å². The number of aryl methyl sites for hydroxylation is 2. The molecule has 0 atom stereocenters. The third kappa shape index (κ3) is 4.74. The molecule has 4 rings (SSSR count). The number of carbonyl (C=O) groups is 1. The Morgan fingerprint density at radius 3 is 2.49 bits per heavy atom. The van der Waals surface area contributed by atoms with Crippen molar-refractivity contribution in [2.24, 2.45) is 14.1 Å². The van der Waals surface area contributed by atoms with Crippen LogP contribution in [0, 0.1) is 6.92 Å². The van der Waals surface area contributed by atoms with Crippen molar-refractivity contribution < 1.29 is 14.3 Å². The summed E-state index contributed by atoms with van der Waals surface area (Å²) in [6.45, 7) is 1.78. The maximum absolute atomic E-state index is 13.0. The Hall–Kier alpha value is -3.78. The van der Waals surface area contributed by atoms with Gasteiger partial charge in [-0.25, -0.2) is 14.8 Å². The van der Waals surface area contributed by atoms with E-state index in [0.717, 1.165) is 21.3 Å². The fourth-order valence-electron chi connectivity index (χ4n) is 3.27. The molecule has 14 heteroatoms. The lowest BCUT2D eigenvalue weighted by atomic mass is 10.2. The molecule has 4 aromatic rings. The first-order chi connectivity index (χ1) is 16.7. The number of methoxy groups -OCH3 is 2. The van der Waals surface area contributed by atoms with Gasteiger partial charge in [-0.05, 0) is 25.1 Å². The fourth-order valence-corrected chi connectivity index (χ4v) is 4.70. The molecule has 0 unspecified atom stereocenters. The highest BCUT2D eigenvalue weighted by atomic mass is 32.2. The fraction of sp³-hybridized carbons (Fsp3) is 0.286. The lowest BCUT2D eigenvalue weighted by molar-refractivity contribution is -0.113. The maximum atomic E-state index is 13.0. The molecular formula is C21H21N7O5S2. The second kappa shape index (κ2) is 9.84. The van der Waals surface area contributed by atoms with Crippen LogP contribution in [0.15, 0.2) is 32.8 Å². The van der Waals surface area contributed by atoms with E-state index in [1.165, 1.54) is 44.2 Å². The molecule has 0 saturated heterocycles. The van der Waals surface area contributed by atoms with Gasteiger partial charge < -0.3 is 9.47 Å². The van der Waals surface area contributed by atoms with Gasteiger partial charge in [0.1, 0.15) is 15.4 Å². The number of hydrogen-bond donors (Lipinski definition) is 1. The van der Waals surface area contributed by atoms with Gasteiger partial charge in [0.05, 0.1) is 20.0 Å². The number of thioether (sulfide) groups is 1. The van der Waals surface area contributed by atoms with Gasteiger partial charge in [0.2, 0.25) is 11.0 Å². The van der Waals surface area contributed by atoms with Crippen LogP contribution in [-0.4, -0.2) is 55.2 Å². The normalized spacial score (nSPS) is 11.0. The Morgan fingerprint density at radius 1 is 1.09 bits per heavy atom. The van der Waals surface area contributed by atoms with E-state index in [1.807, 2.05) is 0 Å². The first kappa shape index (κ1) is 24.3. The van der Waals surface area contributed by atoms with Crippen LogP contribution in [0.1, 0.15) is 5.01 Å². The van der Waals surface area contributed by atoms with Crippen LogP contribution in [0.2, 0.25) is 0 Å². The predicted molar refractivity (Wildman–Crippen MR) is 133 cm³/mol. The van der Waals surface area contributed by atoms with Gasteiger partial charge in [0.15, 0.2) is 23.0 Å². The van der Waals surface area contributed by atoms with Gasteiger partial charge in [0, 0.05) is 19.7 Å². The van der Waals surface area contributed by atoms with E-state index in [4.69, 9.17) is 9.47 Å². The van der Waals surface area contributed by atoms with E-state index in [2.05, 4.69) is 25.5 Å². The zero-order valence-corrected chi connectivity index (χ0v) is 21.1. The third-order valence-corrected chi connectivity index (χ3v) is 6.75. The van der Waals surface area contributed by atoms with Crippen LogP contribution in [0.5, 0.6) is 11.5 Å². The number of amides is 1. The average molecular weight is 516 g/mol.